The average Bonchev–Trinajstić information content (AvgIpc) is 1.97. The van der Waals surface area contributed by atoms with Crippen molar-refractivity contribution in [2.24, 2.45) is 0 Å². The molecule has 96 valence electrons. The normalized spacial score (nSPS) is 30.8. The molecule has 1 heterocycles. The predicted octanol–water partition coefficient (Wildman–Crippen LogP) is 2.89. The van der Waals surface area contributed by atoms with Crippen molar-refractivity contribution in [3.8, 4) is 0 Å². The van der Waals surface area contributed by atoms with E-state index in [1.165, 1.54) is 0 Å². The van der Waals surface area contributed by atoms with E-state index in [0.717, 1.165) is 6.54 Å². The summed E-state index contributed by atoms with van der Waals surface area (Å²) in [6.07, 6.45) is -0.858. The predicted molar refractivity (Wildman–Crippen MR) is 67.3 cm³/mol. The highest BCUT2D eigenvalue weighted by atomic mass is 19.1. The molecule has 0 bridgehead atoms. The van der Waals surface area contributed by atoms with Gasteiger partial charge in [-0.25, -0.2) is 4.39 Å². The van der Waals surface area contributed by atoms with Crippen LogP contribution < -0.4 is 0 Å². The zero-order valence-corrected chi connectivity index (χ0v) is 11.8. The van der Waals surface area contributed by atoms with E-state index in [1.807, 2.05) is 4.90 Å². The molecule has 0 N–H and O–H groups in total. The Kier molecular flexibility index (Phi) is 3.71. The molecule has 3 heteroatoms. The van der Waals surface area contributed by atoms with Crippen molar-refractivity contribution in [3.05, 3.63) is 0 Å². The summed E-state index contributed by atoms with van der Waals surface area (Å²) in [7, 11) is 0. The highest BCUT2D eigenvalue weighted by molar-refractivity contribution is 4.93. The molecule has 0 aromatic rings. The van der Waals surface area contributed by atoms with Gasteiger partial charge in [0.05, 0.1) is 0 Å². The molecule has 0 aromatic heterocycles. The van der Waals surface area contributed by atoms with Gasteiger partial charge in [0.15, 0.2) is 6.30 Å². The van der Waals surface area contributed by atoms with Crippen LogP contribution in [0.15, 0.2) is 0 Å². The van der Waals surface area contributed by atoms with Crippen LogP contribution in [0.5, 0.6) is 0 Å². The summed E-state index contributed by atoms with van der Waals surface area (Å²) in [5.74, 6) is 0. The molecular formula is C13H27FN2. The minimum Gasteiger partial charge on any atom is -0.293 e. The maximum absolute atomic E-state index is 14.3. The first-order chi connectivity index (χ1) is 7.03. The van der Waals surface area contributed by atoms with Gasteiger partial charge in [0.2, 0.25) is 0 Å². The van der Waals surface area contributed by atoms with Crippen molar-refractivity contribution in [1.29, 1.82) is 0 Å². The molecule has 0 aromatic carbocycles. The molecule has 1 rings (SSSR count). The van der Waals surface area contributed by atoms with Crippen LogP contribution in [0.25, 0.3) is 0 Å². The lowest BCUT2D eigenvalue weighted by molar-refractivity contribution is -0.104. The molecule has 0 aliphatic carbocycles. The van der Waals surface area contributed by atoms with Gasteiger partial charge >= 0.3 is 0 Å². The summed E-state index contributed by atoms with van der Waals surface area (Å²) >= 11 is 0. The van der Waals surface area contributed by atoms with Crippen molar-refractivity contribution in [3.63, 3.8) is 0 Å². The minimum absolute atomic E-state index is 0.0581. The third kappa shape index (κ3) is 2.95. The lowest BCUT2D eigenvalue weighted by atomic mass is 9.97. The van der Waals surface area contributed by atoms with Gasteiger partial charge in [-0.05, 0) is 48.5 Å². The minimum atomic E-state index is -0.858. The van der Waals surface area contributed by atoms with Crippen LogP contribution in [-0.4, -0.2) is 46.3 Å². The lowest BCUT2D eigenvalue weighted by Crippen LogP contribution is -2.64. The number of rotatable bonds is 0. The molecule has 0 radical (unpaired) electrons. The number of hydrogen-bond acceptors (Lipinski definition) is 2. The second-order valence-electron chi connectivity index (χ2n) is 6.94. The van der Waals surface area contributed by atoms with Gasteiger partial charge in [0, 0.05) is 30.2 Å². The van der Waals surface area contributed by atoms with E-state index in [-0.39, 0.29) is 17.1 Å². The first-order valence-corrected chi connectivity index (χ1v) is 6.21. The van der Waals surface area contributed by atoms with Gasteiger partial charge in [-0.15, -0.1) is 0 Å². The first kappa shape index (κ1) is 13.9. The Morgan fingerprint density at radius 1 is 0.938 bits per heavy atom. The Morgan fingerprint density at radius 3 is 1.75 bits per heavy atom. The van der Waals surface area contributed by atoms with Crippen molar-refractivity contribution < 1.29 is 4.39 Å². The fourth-order valence-corrected chi connectivity index (χ4v) is 2.66. The van der Waals surface area contributed by atoms with Crippen molar-refractivity contribution in [1.82, 2.24) is 9.80 Å². The van der Waals surface area contributed by atoms with Crippen LogP contribution in [0.2, 0.25) is 0 Å². The fraction of sp³-hybridized carbons (Fsp3) is 1.00. The maximum Gasteiger partial charge on any atom is 0.167 e. The van der Waals surface area contributed by atoms with Crippen molar-refractivity contribution in [2.45, 2.75) is 71.9 Å². The van der Waals surface area contributed by atoms with Gasteiger partial charge in [-0.2, -0.15) is 0 Å². The van der Waals surface area contributed by atoms with Gasteiger partial charge in [0.25, 0.3) is 0 Å². The Balaban J connectivity index is 2.80. The van der Waals surface area contributed by atoms with E-state index in [1.54, 1.807) is 0 Å². The SMILES string of the molecule is CC1CN(C(C)(C)C)CC(F)N1C(C)(C)C. The second kappa shape index (κ2) is 4.26. The number of hydrogen-bond donors (Lipinski definition) is 0. The lowest BCUT2D eigenvalue weighted by Gasteiger charge is -2.51. The summed E-state index contributed by atoms with van der Waals surface area (Å²) < 4.78 is 14.3. The molecular weight excluding hydrogens is 203 g/mol. The van der Waals surface area contributed by atoms with Gasteiger partial charge in [-0.1, -0.05) is 0 Å². The molecule has 2 atom stereocenters. The van der Waals surface area contributed by atoms with E-state index in [4.69, 9.17) is 0 Å². The molecule has 1 saturated heterocycles. The second-order valence-corrected chi connectivity index (χ2v) is 6.94. The van der Waals surface area contributed by atoms with Crippen LogP contribution in [0.1, 0.15) is 48.5 Å². The summed E-state index contributed by atoms with van der Waals surface area (Å²) in [6, 6.07) is 0.267. The number of alkyl halides is 1. The molecule has 2 nitrogen and oxygen atoms in total. The van der Waals surface area contributed by atoms with E-state index in [0.29, 0.717) is 6.54 Å². The van der Waals surface area contributed by atoms with Crippen LogP contribution in [0.4, 0.5) is 4.39 Å². The monoisotopic (exact) mass is 230 g/mol. The van der Waals surface area contributed by atoms with Crippen molar-refractivity contribution >= 4 is 0 Å². The summed E-state index contributed by atoms with van der Waals surface area (Å²) in [5, 5.41) is 0. The summed E-state index contributed by atoms with van der Waals surface area (Å²) in [4.78, 5) is 4.24. The van der Waals surface area contributed by atoms with Gasteiger partial charge in [-0.3, -0.25) is 9.80 Å². The average molecular weight is 230 g/mol. The van der Waals surface area contributed by atoms with Crippen molar-refractivity contribution in [2.75, 3.05) is 13.1 Å². The summed E-state index contributed by atoms with van der Waals surface area (Å²) in [6.45, 7) is 16.3. The van der Waals surface area contributed by atoms with Gasteiger partial charge < -0.3 is 0 Å². The zero-order valence-electron chi connectivity index (χ0n) is 11.8. The largest absolute Gasteiger partial charge is 0.293 e. The molecule has 0 amide bonds. The molecule has 1 aliphatic heterocycles. The topological polar surface area (TPSA) is 6.48 Å². The quantitative estimate of drug-likeness (QED) is 0.590. The fourth-order valence-electron chi connectivity index (χ4n) is 2.66. The Hall–Kier alpha value is -0.150. The van der Waals surface area contributed by atoms with E-state index >= 15 is 0 Å². The third-order valence-electron chi connectivity index (χ3n) is 3.36. The summed E-state index contributed by atoms with van der Waals surface area (Å²) in [5.41, 5.74) is -0.0363. The third-order valence-corrected chi connectivity index (χ3v) is 3.36. The molecule has 1 aliphatic rings. The standard InChI is InChI=1S/C13H27FN2/c1-10-8-15(12(2,3)4)9-11(14)16(10)13(5,6)7/h10-11H,8-9H2,1-7H3. The van der Waals surface area contributed by atoms with Crippen LogP contribution >= 0.6 is 0 Å². The highest BCUT2D eigenvalue weighted by Crippen LogP contribution is 2.29. The van der Waals surface area contributed by atoms with Gasteiger partial charge in [0.1, 0.15) is 0 Å². The Bertz CT molecular complexity index is 227. The van der Waals surface area contributed by atoms with E-state index in [2.05, 4.69) is 53.4 Å². The molecule has 0 spiro atoms. The van der Waals surface area contributed by atoms with E-state index in [9.17, 15) is 4.39 Å². The Labute approximate surface area is 99.8 Å². The van der Waals surface area contributed by atoms with Crippen LogP contribution in [0, 0.1) is 0 Å². The smallest absolute Gasteiger partial charge is 0.167 e. The first-order valence-electron chi connectivity index (χ1n) is 6.21. The molecule has 1 fully saturated rings. The number of halogens is 1. The molecule has 0 saturated carbocycles. The molecule has 2 unspecified atom stereocenters. The molecule has 16 heavy (non-hydrogen) atoms. The number of nitrogens with zero attached hydrogens (tertiary/aromatic N) is 2. The number of piperazine rings is 1. The Morgan fingerprint density at radius 2 is 1.44 bits per heavy atom. The zero-order chi connectivity index (χ0) is 12.7. The van der Waals surface area contributed by atoms with Crippen LogP contribution in [0.3, 0.4) is 0 Å². The maximum atomic E-state index is 14.3. The van der Waals surface area contributed by atoms with Crippen LogP contribution in [-0.2, 0) is 0 Å². The van der Waals surface area contributed by atoms with E-state index < -0.39 is 6.30 Å². The highest BCUT2D eigenvalue weighted by Gasteiger charge is 2.41.